The summed E-state index contributed by atoms with van der Waals surface area (Å²) in [6.07, 6.45) is 1.63. The number of aromatic nitrogens is 1. The highest BCUT2D eigenvalue weighted by Crippen LogP contribution is 2.23. The minimum atomic E-state index is 0.284. The molecule has 1 aromatic heterocycles. The zero-order valence-electron chi connectivity index (χ0n) is 6.62. The van der Waals surface area contributed by atoms with Gasteiger partial charge in [-0.2, -0.15) is 5.26 Å². The summed E-state index contributed by atoms with van der Waals surface area (Å²) in [6.45, 7) is 0. The molecule has 0 unspecified atom stereocenters. The first-order valence-electron chi connectivity index (χ1n) is 3.70. The van der Waals surface area contributed by atoms with E-state index in [1.165, 1.54) is 6.39 Å². The first kappa shape index (κ1) is 8.09. The number of oxazole rings is 1. The molecule has 1 aromatic carbocycles. The van der Waals surface area contributed by atoms with Crippen LogP contribution in [0, 0.1) is 11.3 Å². The molecule has 0 fully saturated rings. The van der Waals surface area contributed by atoms with Gasteiger partial charge in [0.15, 0.2) is 12.0 Å². The molecule has 64 valence electrons. The van der Waals surface area contributed by atoms with Gasteiger partial charge in [-0.25, -0.2) is 4.98 Å². The summed E-state index contributed by atoms with van der Waals surface area (Å²) in [5.74, 6) is 0. The number of hydrogen-bond donors (Lipinski definition) is 0. The van der Waals surface area contributed by atoms with Crippen LogP contribution in [0.5, 0.6) is 0 Å². The molecule has 1 heterocycles. The highest BCUT2D eigenvalue weighted by Gasteiger charge is 2.06. The average molecular weight is 193 g/mol. The Morgan fingerprint density at radius 3 is 3.15 bits per heavy atom. The van der Waals surface area contributed by atoms with Gasteiger partial charge in [0.2, 0.25) is 0 Å². The first-order valence-corrected chi connectivity index (χ1v) is 4.07. The van der Waals surface area contributed by atoms with Crippen molar-refractivity contribution in [3.63, 3.8) is 0 Å². The number of fused-ring (bicyclic) bond motifs is 1. The Bertz CT molecular complexity index is 484. The van der Waals surface area contributed by atoms with Crippen LogP contribution in [0.15, 0.2) is 22.9 Å². The second kappa shape index (κ2) is 3.08. The van der Waals surface area contributed by atoms with Crippen molar-refractivity contribution in [2.75, 3.05) is 0 Å². The van der Waals surface area contributed by atoms with E-state index in [0.717, 1.165) is 5.56 Å². The monoisotopic (exact) mass is 192 g/mol. The minimum Gasteiger partial charge on any atom is -0.443 e. The summed E-state index contributed by atoms with van der Waals surface area (Å²) in [7, 11) is 0. The molecule has 0 aliphatic heterocycles. The summed E-state index contributed by atoms with van der Waals surface area (Å²) < 4.78 is 5.14. The summed E-state index contributed by atoms with van der Waals surface area (Å²) in [4.78, 5) is 3.96. The molecule has 0 bridgehead atoms. The van der Waals surface area contributed by atoms with Gasteiger partial charge in [-0.3, -0.25) is 0 Å². The van der Waals surface area contributed by atoms with Crippen molar-refractivity contribution in [3.8, 4) is 6.07 Å². The third-order valence-electron chi connectivity index (χ3n) is 1.74. The van der Waals surface area contributed by atoms with Crippen LogP contribution < -0.4 is 0 Å². The molecular weight excluding hydrogens is 188 g/mol. The molecule has 0 saturated heterocycles. The van der Waals surface area contributed by atoms with Crippen LogP contribution in [0.3, 0.4) is 0 Å². The average Bonchev–Trinajstić information content (AvgIpc) is 2.52. The van der Waals surface area contributed by atoms with E-state index in [2.05, 4.69) is 4.98 Å². The zero-order valence-corrected chi connectivity index (χ0v) is 7.38. The molecule has 13 heavy (non-hydrogen) atoms. The quantitative estimate of drug-likeness (QED) is 0.698. The lowest BCUT2D eigenvalue weighted by atomic mass is 10.1. The number of rotatable bonds is 1. The topological polar surface area (TPSA) is 49.8 Å². The Labute approximate surface area is 79.6 Å². The van der Waals surface area contributed by atoms with Crippen molar-refractivity contribution in [1.29, 1.82) is 5.26 Å². The molecule has 0 aliphatic carbocycles. The fourth-order valence-corrected chi connectivity index (χ4v) is 1.45. The molecule has 0 radical (unpaired) electrons. The number of benzene rings is 1. The maximum absolute atomic E-state index is 8.55. The van der Waals surface area contributed by atoms with Gasteiger partial charge < -0.3 is 4.42 Å². The maximum Gasteiger partial charge on any atom is 0.181 e. The lowest BCUT2D eigenvalue weighted by Gasteiger charge is -1.96. The van der Waals surface area contributed by atoms with Crippen LogP contribution in [0.2, 0.25) is 5.02 Å². The minimum absolute atomic E-state index is 0.284. The van der Waals surface area contributed by atoms with Gasteiger partial charge in [0, 0.05) is 10.6 Å². The molecule has 0 atom stereocenters. The van der Waals surface area contributed by atoms with Crippen molar-refractivity contribution < 1.29 is 4.42 Å². The van der Waals surface area contributed by atoms with Crippen LogP contribution in [0.1, 0.15) is 5.56 Å². The van der Waals surface area contributed by atoms with Crippen LogP contribution in [0.25, 0.3) is 11.1 Å². The lowest BCUT2D eigenvalue weighted by molar-refractivity contribution is 0.599. The molecule has 2 rings (SSSR count). The summed E-state index contributed by atoms with van der Waals surface area (Å²) in [5, 5.41) is 9.13. The normalized spacial score (nSPS) is 10.2. The van der Waals surface area contributed by atoms with Crippen molar-refractivity contribution in [3.05, 3.63) is 29.1 Å². The molecule has 0 N–H and O–H groups in total. The van der Waals surface area contributed by atoms with Gasteiger partial charge in [-0.05, 0) is 12.1 Å². The third kappa shape index (κ3) is 1.36. The fourth-order valence-electron chi connectivity index (χ4n) is 1.22. The summed E-state index contributed by atoms with van der Waals surface area (Å²) in [6, 6.07) is 5.48. The van der Waals surface area contributed by atoms with Gasteiger partial charge in [0.05, 0.1) is 12.5 Å². The Morgan fingerprint density at radius 2 is 2.38 bits per heavy atom. The first-order chi connectivity index (χ1) is 6.31. The second-order valence-corrected chi connectivity index (χ2v) is 3.04. The molecule has 4 heteroatoms. The molecule has 0 amide bonds. The number of hydrogen-bond acceptors (Lipinski definition) is 3. The molecule has 0 saturated carbocycles. The third-order valence-corrected chi connectivity index (χ3v) is 1.96. The Balaban J connectivity index is 2.71. The van der Waals surface area contributed by atoms with Gasteiger partial charge >= 0.3 is 0 Å². The molecular formula is C9H5ClN2O. The smallest absolute Gasteiger partial charge is 0.181 e. The number of halogens is 1. The molecule has 2 aromatic rings. The van der Waals surface area contributed by atoms with Gasteiger partial charge in [-0.15, -0.1) is 0 Å². The largest absolute Gasteiger partial charge is 0.443 e. The van der Waals surface area contributed by atoms with Crippen LogP contribution in [-0.2, 0) is 6.42 Å². The van der Waals surface area contributed by atoms with E-state index in [1.807, 2.05) is 6.07 Å². The molecule has 3 nitrogen and oxygen atoms in total. The SMILES string of the molecule is N#CCc1cc(Cl)cc2ncoc12. The van der Waals surface area contributed by atoms with Crippen LogP contribution >= 0.6 is 11.6 Å². The van der Waals surface area contributed by atoms with Crippen molar-refractivity contribution in [2.24, 2.45) is 0 Å². The van der Waals surface area contributed by atoms with E-state index in [-0.39, 0.29) is 6.42 Å². The Hall–Kier alpha value is -1.53. The molecule has 0 aliphatic rings. The van der Waals surface area contributed by atoms with Crippen molar-refractivity contribution >= 4 is 22.7 Å². The van der Waals surface area contributed by atoms with Gasteiger partial charge in [0.1, 0.15) is 5.52 Å². The predicted octanol–water partition coefficient (Wildman–Crippen LogP) is 2.55. The van der Waals surface area contributed by atoms with E-state index < -0.39 is 0 Å². The van der Waals surface area contributed by atoms with Crippen LogP contribution in [0.4, 0.5) is 0 Å². The number of nitriles is 1. The molecule has 0 spiro atoms. The fraction of sp³-hybridized carbons (Fsp3) is 0.111. The van der Waals surface area contributed by atoms with Gasteiger partial charge in [-0.1, -0.05) is 11.6 Å². The standard InChI is InChI=1S/C9H5ClN2O/c10-7-3-6(1-2-11)9-8(4-7)12-5-13-9/h3-5H,1H2. The predicted molar refractivity (Wildman–Crippen MR) is 48.3 cm³/mol. The van der Waals surface area contributed by atoms with Crippen molar-refractivity contribution in [1.82, 2.24) is 4.98 Å². The number of nitrogens with zero attached hydrogens (tertiary/aromatic N) is 2. The van der Waals surface area contributed by atoms with Gasteiger partial charge in [0.25, 0.3) is 0 Å². The highest BCUT2D eigenvalue weighted by atomic mass is 35.5. The zero-order chi connectivity index (χ0) is 9.26. The summed E-state index contributed by atoms with van der Waals surface area (Å²) >= 11 is 5.83. The van der Waals surface area contributed by atoms with E-state index in [1.54, 1.807) is 12.1 Å². The van der Waals surface area contributed by atoms with Crippen molar-refractivity contribution in [2.45, 2.75) is 6.42 Å². The summed E-state index contributed by atoms with van der Waals surface area (Å²) in [5.41, 5.74) is 2.12. The maximum atomic E-state index is 8.55. The van der Waals surface area contributed by atoms with E-state index in [4.69, 9.17) is 21.3 Å². The van der Waals surface area contributed by atoms with E-state index in [9.17, 15) is 0 Å². The van der Waals surface area contributed by atoms with E-state index in [0.29, 0.717) is 16.1 Å². The second-order valence-electron chi connectivity index (χ2n) is 2.60. The Kier molecular flexibility index (Phi) is 1.91. The van der Waals surface area contributed by atoms with Crippen LogP contribution in [-0.4, -0.2) is 4.98 Å². The Morgan fingerprint density at radius 1 is 1.54 bits per heavy atom. The highest BCUT2D eigenvalue weighted by molar-refractivity contribution is 6.31. The lowest BCUT2D eigenvalue weighted by Crippen LogP contribution is -1.82. The van der Waals surface area contributed by atoms with E-state index >= 15 is 0 Å².